The van der Waals surface area contributed by atoms with Gasteiger partial charge in [0.15, 0.2) is 5.56 Å². The van der Waals surface area contributed by atoms with Gasteiger partial charge in [-0.2, -0.15) is 0 Å². The van der Waals surface area contributed by atoms with Crippen LogP contribution in [-0.4, -0.2) is 10.7 Å². The molecule has 0 heterocycles. The largest absolute Gasteiger partial charge is 0.367 e. The first kappa shape index (κ1) is 5.81. The summed E-state index contributed by atoms with van der Waals surface area (Å²) in [6, 6.07) is 0. The lowest BCUT2D eigenvalue weighted by atomic mass is 10.6. The summed E-state index contributed by atoms with van der Waals surface area (Å²) in [5.74, 6) is 4.71. The molecule has 0 aromatic heterocycles. The maximum Gasteiger partial charge on any atom is 0.190 e. The fourth-order valence-electron chi connectivity index (χ4n) is 0.119. The number of aliphatic hydroxyl groups is 1. The van der Waals surface area contributed by atoms with Crippen LogP contribution in [0.1, 0.15) is 6.92 Å². The molecule has 0 saturated heterocycles. The van der Waals surface area contributed by atoms with Crippen LogP contribution in [0.15, 0.2) is 0 Å². The predicted octanol–water partition coefficient (Wildman–Crippen LogP) is 0.567. The van der Waals surface area contributed by atoms with Crippen molar-refractivity contribution in [1.82, 2.24) is 0 Å². The quantitative estimate of drug-likeness (QED) is 0.352. The van der Waals surface area contributed by atoms with Crippen LogP contribution in [0, 0.1) is 11.8 Å². The molecule has 0 saturated carbocycles. The minimum atomic E-state index is -0.991. The third-order valence-electron chi connectivity index (χ3n) is 0.263. The maximum atomic E-state index is 8.14. The highest BCUT2D eigenvalue weighted by molar-refractivity contribution is 6.21. The smallest absolute Gasteiger partial charge is 0.190 e. The van der Waals surface area contributed by atoms with Crippen molar-refractivity contribution in [2.75, 3.05) is 0 Å². The highest BCUT2D eigenvalue weighted by Crippen LogP contribution is 1.81. The molecule has 0 rings (SSSR count). The zero-order chi connectivity index (χ0) is 4.99. The van der Waals surface area contributed by atoms with Gasteiger partial charge in [-0.05, 0) is 6.92 Å². The van der Waals surface area contributed by atoms with Gasteiger partial charge in [0.25, 0.3) is 0 Å². The number of aliphatic hydroxyl groups excluding tert-OH is 1. The molecule has 0 aliphatic carbocycles. The topological polar surface area (TPSA) is 20.2 Å². The Balaban J connectivity index is 3.20. The van der Waals surface area contributed by atoms with Crippen molar-refractivity contribution in [2.24, 2.45) is 0 Å². The molecule has 0 radical (unpaired) electrons. The summed E-state index contributed by atoms with van der Waals surface area (Å²) in [5.41, 5.74) is -0.991. The van der Waals surface area contributed by atoms with Crippen molar-refractivity contribution in [2.45, 2.75) is 12.5 Å². The van der Waals surface area contributed by atoms with Crippen molar-refractivity contribution in [3.8, 4) is 11.8 Å². The molecule has 34 valence electrons. The van der Waals surface area contributed by atoms with Crippen LogP contribution in [-0.2, 0) is 0 Å². The Kier molecular flexibility index (Phi) is 2.92. The molecule has 0 aliphatic heterocycles. The second-order valence-corrected chi connectivity index (χ2v) is 1.14. The van der Waals surface area contributed by atoms with Gasteiger partial charge in [-0.3, -0.25) is 0 Å². The van der Waals surface area contributed by atoms with Crippen LogP contribution >= 0.6 is 11.6 Å². The van der Waals surface area contributed by atoms with Gasteiger partial charge in [-0.25, -0.2) is 0 Å². The third kappa shape index (κ3) is 3.81. The number of hydrogen-bond acceptors (Lipinski definition) is 1. The maximum absolute atomic E-state index is 8.14. The molecule has 0 unspecified atom stereocenters. The monoisotopic (exact) mass is 104 g/mol. The minimum Gasteiger partial charge on any atom is -0.367 e. The number of halogens is 1. The average Bonchev–Trinajstić information content (AvgIpc) is 1.35. The fraction of sp³-hybridized carbons (Fsp3) is 0.500. The average molecular weight is 105 g/mol. The summed E-state index contributed by atoms with van der Waals surface area (Å²) in [7, 11) is 0. The van der Waals surface area contributed by atoms with E-state index in [0.29, 0.717) is 0 Å². The van der Waals surface area contributed by atoms with E-state index in [1.807, 2.05) is 0 Å². The molecule has 0 fully saturated rings. The highest BCUT2D eigenvalue weighted by atomic mass is 35.5. The Labute approximate surface area is 41.9 Å². The Morgan fingerprint density at radius 3 is 2.33 bits per heavy atom. The van der Waals surface area contributed by atoms with Gasteiger partial charge in [-0.1, -0.05) is 17.5 Å². The van der Waals surface area contributed by atoms with Crippen molar-refractivity contribution in [1.29, 1.82) is 0 Å². The van der Waals surface area contributed by atoms with Crippen LogP contribution in [0.2, 0.25) is 0 Å². The van der Waals surface area contributed by atoms with Crippen LogP contribution in [0.5, 0.6) is 0 Å². The zero-order valence-corrected chi connectivity index (χ0v) is 4.16. The van der Waals surface area contributed by atoms with Crippen LogP contribution in [0.4, 0.5) is 0 Å². The molecular formula is C4H5ClO. The third-order valence-corrected chi connectivity index (χ3v) is 0.373. The summed E-state index contributed by atoms with van der Waals surface area (Å²) in [4.78, 5) is 0. The molecule has 1 nitrogen and oxygen atoms in total. The normalized spacial score (nSPS) is 11.8. The summed E-state index contributed by atoms with van der Waals surface area (Å²) >= 11 is 4.96. The van der Waals surface area contributed by atoms with E-state index < -0.39 is 5.56 Å². The van der Waals surface area contributed by atoms with E-state index in [4.69, 9.17) is 16.7 Å². The van der Waals surface area contributed by atoms with Crippen molar-refractivity contribution in [3.05, 3.63) is 0 Å². The Bertz CT molecular complexity index is 77.3. The summed E-state index contributed by atoms with van der Waals surface area (Å²) in [5, 5.41) is 8.14. The molecule has 1 N–H and O–H groups in total. The second-order valence-electron chi connectivity index (χ2n) is 0.730. The first-order valence-corrected chi connectivity index (χ1v) is 1.95. The number of rotatable bonds is 0. The highest BCUT2D eigenvalue weighted by Gasteiger charge is 1.80. The first-order valence-electron chi connectivity index (χ1n) is 1.52. The summed E-state index contributed by atoms with van der Waals surface area (Å²) in [6.07, 6.45) is 0. The van der Waals surface area contributed by atoms with Crippen LogP contribution in [0.3, 0.4) is 0 Å². The molecule has 0 amide bonds. The summed E-state index contributed by atoms with van der Waals surface area (Å²) < 4.78 is 0. The number of alkyl halides is 1. The van der Waals surface area contributed by atoms with Gasteiger partial charge in [0.1, 0.15) is 0 Å². The molecule has 0 aromatic rings. The van der Waals surface area contributed by atoms with Gasteiger partial charge < -0.3 is 5.11 Å². The van der Waals surface area contributed by atoms with Gasteiger partial charge >= 0.3 is 0 Å². The Morgan fingerprint density at radius 2 is 2.33 bits per heavy atom. The molecule has 0 aliphatic rings. The van der Waals surface area contributed by atoms with Gasteiger partial charge in [0, 0.05) is 0 Å². The molecule has 0 spiro atoms. The molecular weight excluding hydrogens is 99.5 g/mol. The van der Waals surface area contributed by atoms with Gasteiger partial charge in [0.2, 0.25) is 0 Å². The number of hydrogen-bond donors (Lipinski definition) is 1. The Morgan fingerprint density at radius 1 is 1.83 bits per heavy atom. The zero-order valence-electron chi connectivity index (χ0n) is 3.40. The predicted molar refractivity (Wildman–Crippen MR) is 25.3 cm³/mol. The van der Waals surface area contributed by atoms with Crippen molar-refractivity contribution < 1.29 is 5.11 Å². The van der Waals surface area contributed by atoms with Crippen molar-refractivity contribution in [3.63, 3.8) is 0 Å². The van der Waals surface area contributed by atoms with E-state index >= 15 is 0 Å². The fourth-order valence-corrected chi connectivity index (χ4v) is 0.228. The molecule has 0 bridgehead atoms. The Hall–Kier alpha value is -0.190. The van der Waals surface area contributed by atoms with Crippen molar-refractivity contribution >= 4 is 11.6 Å². The molecule has 1 atom stereocenters. The second kappa shape index (κ2) is 3.02. The van der Waals surface area contributed by atoms with Gasteiger partial charge in [0.05, 0.1) is 0 Å². The van der Waals surface area contributed by atoms with Crippen LogP contribution in [0.25, 0.3) is 0 Å². The SMILES string of the molecule is CC#C[C@@H](O)Cl. The van der Waals surface area contributed by atoms with E-state index in [2.05, 4.69) is 11.8 Å². The van der Waals surface area contributed by atoms with E-state index in [1.165, 1.54) is 0 Å². The lowest BCUT2D eigenvalue weighted by Crippen LogP contribution is -1.86. The lowest BCUT2D eigenvalue weighted by Gasteiger charge is -1.79. The van der Waals surface area contributed by atoms with E-state index in [-0.39, 0.29) is 0 Å². The standard InChI is InChI=1S/C4H5ClO/c1-2-3-4(5)6/h4,6H,1H3/t4-/m1/s1. The summed E-state index contributed by atoms with van der Waals surface area (Å²) in [6.45, 7) is 1.62. The molecule has 0 aromatic carbocycles. The minimum absolute atomic E-state index is 0.991. The molecule has 6 heavy (non-hydrogen) atoms. The molecule has 2 heteroatoms. The van der Waals surface area contributed by atoms with Gasteiger partial charge in [-0.15, -0.1) is 5.92 Å². The van der Waals surface area contributed by atoms with E-state index in [9.17, 15) is 0 Å². The first-order chi connectivity index (χ1) is 2.77. The van der Waals surface area contributed by atoms with E-state index in [1.54, 1.807) is 6.92 Å². The van der Waals surface area contributed by atoms with Crippen LogP contribution < -0.4 is 0 Å². The van der Waals surface area contributed by atoms with E-state index in [0.717, 1.165) is 0 Å². The lowest BCUT2D eigenvalue weighted by molar-refractivity contribution is 0.312.